The first-order valence-corrected chi connectivity index (χ1v) is 6.58. The monoisotopic (exact) mass is 270 g/mol. The lowest BCUT2D eigenvalue weighted by Crippen LogP contribution is -2.43. The zero-order chi connectivity index (χ0) is 14.4. The van der Waals surface area contributed by atoms with Gasteiger partial charge in [-0.25, -0.2) is 0 Å². The number of carbonyl (C=O) groups is 1. The summed E-state index contributed by atoms with van der Waals surface area (Å²) in [5, 5.41) is 9.65. The third-order valence-corrected chi connectivity index (χ3v) is 3.62. The Kier molecular flexibility index (Phi) is 4.48. The maximum absolute atomic E-state index is 11.8. The molecule has 2 aromatic rings. The number of nitrogens with two attached hydrogens (primary N) is 1. The number of nitrogens with zero attached hydrogens (tertiary/aromatic N) is 1. The van der Waals surface area contributed by atoms with Crippen molar-refractivity contribution < 1.29 is 9.90 Å². The van der Waals surface area contributed by atoms with Crippen molar-refractivity contribution in [2.45, 2.75) is 18.3 Å². The smallest absolute Gasteiger partial charge is 0.315 e. The third-order valence-electron chi connectivity index (χ3n) is 3.62. The SMILES string of the molecule is NCC(CCc1ccccn1)(C(=O)O)c1ccccc1. The lowest BCUT2D eigenvalue weighted by atomic mass is 9.76. The van der Waals surface area contributed by atoms with Crippen LogP contribution in [-0.2, 0) is 16.6 Å². The first-order valence-electron chi connectivity index (χ1n) is 6.58. The van der Waals surface area contributed by atoms with Gasteiger partial charge in [0.2, 0.25) is 0 Å². The van der Waals surface area contributed by atoms with E-state index in [1.807, 2.05) is 48.5 Å². The van der Waals surface area contributed by atoms with Crippen molar-refractivity contribution in [3.8, 4) is 0 Å². The summed E-state index contributed by atoms with van der Waals surface area (Å²) in [6.45, 7) is 0.0686. The molecule has 20 heavy (non-hydrogen) atoms. The fraction of sp³-hybridized carbons (Fsp3) is 0.250. The van der Waals surface area contributed by atoms with Crippen LogP contribution in [0.4, 0.5) is 0 Å². The molecule has 1 aromatic heterocycles. The van der Waals surface area contributed by atoms with E-state index in [4.69, 9.17) is 5.73 Å². The van der Waals surface area contributed by atoms with Gasteiger partial charge in [-0.2, -0.15) is 0 Å². The molecule has 0 fully saturated rings. The number of rotatable bonds is 6. The van der Waals surface area contributed by atoms with E-state index in [0.717, 1.165) is 11.3 Å². The number of carboxylic acids is 1. The van der Waals surface area contributed by atoms with Gasteiger partial charge in [0.15, 0.2) is 0 Å². The van der Waals surface area contributed by atoms with E-state index in [1.54, 1.807) is 6.20 Å². The summed E-state index contributed by atoms with van der Waals surface area (Å²) in [7, 11) is 0. The van der Waals surface area contributed by atoms with E-state index in [9.17, 15) is 9.90 Å². The Bertz CT molecular complexity index is 557. The molecule has 0 aliphatic heterocycles. The molecule has 1 aromatic carbocycles. The summed E-state index contributed by atoms with van der Waals surface area (Å²) >= 11 is 0. The van der Waals surface area contributed by atoms with Gasteiger partial charge in [-0.3, -0.25) is 9.78 Å². The van der Waals surface area contributed by atoms with E-state index in [1.165, 1.54) is 0 Å². The largest absolute Gasteiger partial charge is 0.481 e. The summed E-state index contributed by atoms with van der Waals surface area (Å²) in [5.74, 6) is -0.887. The highest BCUT2D eigenvalue weighted by atomic mass is 16.4. The molecule has 0 bridgehead atoms. The second-order valence-corrected chi connectivity index (χ2v) is 4.78. The van der Waals surface area contributed by atoms with Crippen LogP contribution >= 0.6 is 0 Å². The molecule has 0 radical (unpaired) electrons. The molecule has 0 amide bonds. The summed E-state index contributed by atoms with van der Waals surface area (Å²) in [6, 6.07) is 14.8. The second kappa shape index (κ2) is 6.30. The summed E-state index contributed by atoms with van der Waals surface area (Å²) in [4.78, 5) is 16.0. The van der Waals surface area contributed by atoms with Gasteiger partial charge in [0, 0.05) is 18.4 Å². The minimum atomic E-state index is -1.06. The quantitative estimate of drug-likeness (QED) is 0.841. The van der Waals surface area contributed by atoms with Crippen molar-refractivity contribution in [2.24, 2.45) is 5.73 Å². The van der Waals surface area contributed by atoms with Crippen LogP contribution in [0, 0.1) is 0 Å². The van der Waals surface area contributed by atoms with Gasteiger partial charge in [-0.05, 0) is 30.5 Å². The van der Waals surface area contributed by atoms with Gasteiger partial charge in [0.25, 0.3) is 0 Å². The Balaban J connectivity index is 2.26. The third kappa shape index (κ3) is 2.86. The zero-order valence-corrected chi connectivity index (χ0v) is 11.2. The fourth-order valence-electron chi connectivity index (χ4n) is 2.33. The molecule has 1 atom stereocenters. The Morgan fingerprint density at radius 3 is 2.40 bits per heavy atom. The lowest BCUT2D eigenvalue weighted by molar-refractivity contribution is -0.143. The zero-order valence-electron chi connectivity index (χ0n) is 11.2. The first-order chi connectivity index (χ1) is 9.69. The molecule has 0 saturated carbocycles. The van der Waals surface area contributed by atoms with Crippen molar-refractivity contribution in [1.82, 2.24) is 4.98 Å². The van der Waals surface area contributed by atoms with E-state index in [0.29, 0.717) is 12.8 Å². The van der Waals surface area contributed by atoms with Crippen LogP contribution in [0.3, 0.4) is 0 Å². The molecule has 4 nitrogen and oxygen atoms in total. The van der Waals surface area contributed by atoms with Crippen LogP contribution in [0.15, 0.2) is 54.7 Å². The molecule has 1 heterocycles. The van der Waals surface area contributed by atoms with Crippen molar-refractivity contribution in [2.75, 3.05) is 6.54 Å². The first kappa shape index (κ1) is 14.2. The standard InChI is InChI=1S/C16H18N2O2/c17-12-16(15(19)20,13-6-2-1-3-7-13)10-9-14-8-4-5-11-18-14/h1-8,11H,9-10,12,17H2,(H,19,20). The lowest BCUT2D eigenvalue weighted by Gasteiger charge is -2.28. The Morgan fingerprint density at radius 2 is 1.85 bits per heavy atom. The Morgan fingerprint density at radius 1 is 1.15 bits per heavy atom. The fourth-order valence-corrected chi connectivity index (χ4v) is 2.33. The number of hydrogen-bond donors (Lipinski definition) is 2. The predicted molar refractivity (Wildman–Crippen MR) is 77.4 cm³/mol. The molecular weight excluding hydrogens is 252 g/mol. The van der Waals surface area contributed by atoms with Crippen LogP contribution in [0.25, 0.3) is 0 Å². The predicted octanol–water partition coefficient (Wildman–Crippen LogP) is 2.00. The Labute approximate surface area is 118 Å². The molecule has 3 N–H and O–H groups in total. The van der Waals surface area contributed by atoms with Gasteiger partial charge in [-0.1, -0.05) is 36.4 Å². The molecule has 4 heteroatoms. The summed E-state index contributed by atoms with van der Waals surface area (Å²) in [6.07, 6.45) is 2.72. The molecule has 0 aliphatic rings. The topological polar surface area (TPSA) is 76.2 Å². The normalized spacial score (nSPS) is 13.7. The van der Waals surface area contributed by atoms with Gasteiger partial charge in [0.05, 0.1) is 0 Å². The van der Waals surface area contributed by atoms with E-state index >= 15 is 0 Å². The highest BCUT2D eigenvalue weighted by Gasteiger charge is 2.38. The van der Waals surface area contributed by atoms with Gasteiger partial charge < -0.3 is 10.8 Å². The van der Waals surface area contributed by atoms with Crippen molar-refractivity contribution in [3.05, 3.63) is 66.0 Å². The number of pyridine rings is 1. The molecule has 104 valence electrons. The summed E-state index contributed by atoms with van der Waals surface area (Å²) in [5.41, 5.74) is 6.37. The number of carboxylic acid groups (broad SMARTS) is 1. The number of aliphatic carboxylic acids is 1. The maximum Gasteiger partial charge on any atom is 0.315 e. The van der Waals surface area contributed by atoms with Crippen LogP contribution in [0.2, 0.25) is 0 Å². The average molecular weight is 270 g/mol. The maximum atomic E-state index is 11.8. The van der Waals surface area contributed by atoms with Crippen LogP contribution in [0.1, 0.15) is 17.7 Å². The van der Waals surface area contributed by atoms with E-state index in [-0.39, 0.29) is 6.54 Å². The van der Waals surface area contributed by atoms with Crippen LogP contribution in [0.5, 0.6) is 0 Å². The van der Waals surface area contributed by atoms with E-state index < -0.39 is 11.4 Å². The minimum absolute atomic E-state index is 0.0686. The highest BCUT2D eigenvalue weighted by molar-refractivity contribution is 5.81. The molecule has 1 unspecified atom stereocenters. The van der Waals surface area contributed by atoms with Crippen LogP contribution < -0.4 is 5.73 Å². The number of aryl methyl sites for hydroxylation is 1. The number of aromatic nitrogens is 1. The highest BCUT2D eigenvalue weighted by Crippen LogP contribution is 2.29. The molecule has 0 aliphatic carbocycles. The van der Waals surface area contributed by atoms with Crippen molar-refractivity contribution in [3.63, 3.8) is 0 Å². The Hall–Kier alpha value is -2.20. The molecular formula is C16H18N2O2. The van der Waals surface area contributed by atoms with Crippen molar-refractivity contribution >= 4 is 5.97 Å². The number of hydrogen-bond acceptors (Lipinski definition) is 3. The summed E-state index contributed by atoms with van der Waals surface area (Å²) < 4.78 is 0. The van der Waals surface area contributed by atoms with Gasteiger partial charge in [-0.15, -0.1) is 0 Å². The molecule has 0 spiro atoms. The van der Waals surface area contributed by atoms with Gasteiger partial charge >= 0.3 is 5.97 Å². The number of benzene rings is 1. The van der Waals surface area contributed by atoms with E-state index in [2.05, 4.69) is 4.98 Å². The van der Waals surface area contributed by atoms with Crippen LogP contribution in [-0.4, -0.2) is 22.6 Å². The average Bonchev–Trinajstić information content (AvgIpc) is 2.50. The second-order valence-electron chi connectivity index (χ2n) is 4.78. The van der Waals surface area contributed by atoms with Gasteiger partial charge in [0.1, 0.15) is 5.41 Å². The minimum Gasteiger partial charge on any atom is -0.481 e. The molecule has 0 saturated heterocycles. The van der Waals surface area contributed by atoms with Crippen molar-refractivity contribution in [1.29, 1.82) is 0 Å². The molecule has 2 rings (SSSR count).